The number of hydrogen-bond acceptors (Lipinski definition) is 2. The summed E-state index contributed by atoms with van der Waals surface area (Å²) in [5.74, 6) is -1.12. The van der Waals surface area contributed by atoms with Gasteiger partial charge in [0.05, 0.1) is 0 Å². The Balaban J connectivity index is 2.26. The standard InChI is InChI=1S/C15H19BrFNO2/c1-15(2)6-3-7-18(13(15)14(19)20)9-10-8-11(16)4-5-12(10)17/h4-5,8,13H,3,6-7,9H2,1-2H3,(H,19,20). The van der Waals surface area contributed by atoms with E-state index in [1.54, 1.807) is 12.1 Å². The van der Waals surface area contributed by atoms with Gasteiger partial charge in [-0.1, -0.05) is 29.8 Å². The number of rotatable bonds is 3. The molecule has 1 N–H and O–H groups in total. The molecule has 1 aromatic carbocycles. The normalized spacial score (nSPS) is 22.7. The van der Waals surface area contributed by atoms with Crippen LogP contribution in [0.15, 0.2) is 22.7 Å². The summed E-state index contributed by atoms with van der Waals surface area (Å²) in [7, 11) is 0. The molecule has 110 valence electrons. The van der Waals surface area contributed by atoms with Crippen molar-refractivity contribution in [3.8, 4) is 0 Å². The maximum Gasteiger partial charge on any atom is 0.321 e. The summed E-state index contributed by atoms with van der Waals surface area (Å²) in [6.07, 6.45) is 1.81. The van der Waals surface area contributed by atoms with E-state index in [0.717, 1.165) is 17.3 Å². The van der Waals surface area contributed by atoms with E-state index in [4.69, 9.17) is 0 Å². The Morgan fingerprint density at radius 2 is 2.25 bits per heavy atom. The summed E-state index contributed by atoms with van der Waals surface area (Å²) in [5.41, 5.74) is 0.232. The van der Waals surface area contributed by atoms with E-state index in [1.165, 1.54) is 6.07 Å². The maximum absolute atomic E-state index is 13.9. The molecule has 1 fully saturated rings. The Bertz CT molecular complexity index is 519. The summed E-state index contributed by atoms with van der Waals surface area (Å²) >= 11 is 3.33. The molecular formula is C15H19BrFNO2. The van der Waals surface area contributed by atoms with Gasteiger partial charge in [0.15, 0.2) is 0 Å². The van der Waals surface area contributed by atoms with Crippen LogP contribution in [0.25, 0.3) is 0 Å². The summed E-state index contributed by atoms with van der Waals surface area (Å²) in [6, 6.07) is 4.20. The number of carboxylic acids is 1. The average molecular weight is 344 g/mol. The molecule has 1 unspecified atom stereocenters. The molecule has 5 heteroatoms. The fourth-order valence-corrected chi connectivity index (χ4v) is 3.45. The number of carbonyl (C=O) groups is 1. The second-order valence-corrected chi connectivity index (χ2v) is 6.95. The van der Waals surface area contributed by atoms with Crippen molar-refractivity contribution in [3.63, 3.8) is 0 Å². The largest absolute Gasteiger partial charge is 0.480 e. The molecule has 20 heavy (non-hydrogen) atoms. The van der Waals surface area contributed by atoms with Gasteiger partial charge in [0.25, 0.3) is 0 Å². The van der Waals surface area contributed by atoms with E-state index in [-0.39, 0.29) is 11.2 Å². The predicted molar refractivity (Wildman–Crippen MR) is 78.9 cm³/mol. The molecule has 0 bridgehead atoms. The molecule has 0 saturated carbocycles. The number of nitrogens with zero attached hydrogens (tertiary/aromatic N) is 1. The fourth-order valence-electron chi connectivity index (χ4n) is 3.04. The van der Waals surface area contributed by atoms with Crippen LogP contribution in [0.2, 0.25) is 0 Å². The average Bonchev–Trinajstić information content (AvgIpc) is 2.32. The van der Waals surface area contributed by atoms with Crippen molar-refractivity contribution in [2.75, 3.05) is 6.54 Å². The topological polar surface area (TPSA) is 40.5 Å². The van der Waals surface area contributed by atoms with Gasteiger partial charge in [0.1, 0.15) is 11.9 Å². The van der Waals surface area contributed by atoms with E-state index >= 15 is 0 Å². The Morgan fingerprint density at radius 3 is 2.90 bits per heavy atom. The predicted octanol–water partition coefficient (Wildman–Crippen LogP) is 3.66. The second-order valence-electron chi connectivity index (χ2n) is 6.04. The SMILES string of the molecule is CC1(C)CCCN(Cc2cc(Br)ccc2F)C1C(=O)O. The lowest BCUT2D eigenvalue weighted by atomic mass is 9.76. The Morgan fingerprint density at radius 1 is 1.55 bits per heavy atom. The Kier molecular flexibility index (Phi) is 4.49. The molecule has 0 spiro atoms. The van der Waals surface area contributed by atoms with Crippen LogP contribution in [0, 0.1) is 11.2 Å². The smallest absolute Gasteiger partial charge is 0.321 e. The number of hydrogen-bond donors (Lipinski definition) is 1. The summed E-state index contributed by atoms with van der Waals surface area (Å²) in [4.78, 5) is 13.4. The Hall–Kier alpha value is -0.940. The lowest BCUT2D eigenvalue weighted by Crippen LogP contribution is -2.53. The third-order valence-corrected chi connectivity index (χ3v) is 4.48. The van der Waals surface area contributed by atoms with Gasteiger partial charge in [-0.05, 0) is 43.0 Å². The minimum Gasteiger partial charge on any atom is -0.480 e. The highest BCUT2D eigenvalue weighted by Gasteiger charge is 2.42. The zero-order chi connectivity index (χ0) is 14.9. The van der Waals surface area contributed by atoms with Gasteiger partial charge in [-0.2, -0.15) is 0 Å². The fraction of sp³-hybridized carbons (Fsp3) is 0.533. The van der Waals surface area contributed by atoms with Crippen LogP contribution in [0.3, 0.4) is 0 Å². The summed E-state index contributed by atoms with van der Waals surface area (Å²) in [6.45, 7) is 4.95. The number of piperidine rings is 1. The van der Waals surface area contributed by atoms with Crippen molar-refractivity contribution in [3.05, 3.63) is 34.1 Å². The maximum atomic E-state index is 13.9. The molecule has 0 amide bonds. The molecule has 1 aliphatic heterocycles. The van der Waals surface area contributed by atoms with Crippen LogP contribution in [0.4, 0.5) is 4.39 Å². The van der Waals surface area contributed by atoms with Crippen molar-refractivity contribution in [2.24, 2.45) is 5.41 Å². The molecule has 0 aromatic heterocycles. The van der Waals surface area contributed by atoms with Crippen LogP contribution in [-0.4, -0.2) is 28.6 Å². The minimum atomic E-state index is -0.829. The number of benzene rings is 1. The summed E-state index contributed by atoms with van der Waals surface area (Å²) < 4.78 is 14.7. The van der Waals surface area contributed by atoms with Crippen molar-refractivity contribution in [2.45, 2.75) is 39.3 Å². The molecule has 1 aliphatic rings. The van der Waals surface area contributed by atoms with Crippen LogP contribution < -0.4 is 0 Å². The van der Waals surface area contributed by atoms with Crippen molar-refractivity contribution in [1.29, 1.82) is 0 Å². The first-order valence-corrected chi connectivity index (χ1v) is 7.51. The highest BCUT2D eigenvalue weighted by molar-refractivity contribution is 9.10. The quantitative estimate of drug-likeness (QED) is 0.910. The summed E-state index contributed by atoms with van der Waals surface area (Å²) in [5, 5.41) is 9.50. The van der Waals surface area contributed by atoms with Gasteiger partial charge >= 0.3 is 5.97 Å². The van der Waals surface area contributed by atoms with Gasteiger partial charge < -0.3 is 5.11 Å². The highest BCUT2D eigenvalue weighted by Crippen LogP contribution is 2.36. The van der Waals surface area contributed by atoms with Crippen LogP contribution in [0.1, 0.15) is 32.3 Å². The molecule has 1 aromatic rings. The molecular weight excluding hydrogens is 325 g/mol. The minimum absolute atomic E-state index is 0.291. The van der Waals surface area contributed by atoms with E-state index < -0.39 is 12.0 Å². The lowest BCUT2D eigenvalue weighted by molar-refractivity contribution is -0.151. The zero-order valence-corrected chi connectivity index (χ0v) is 13.3. The number of carboxylic acid groups (broad SMARTS) is 1. The number of halogens is 2. The van der Waals surface area contributed by atoms with Gasteiger partial charge in [0, 0.05) is 16.6 Å². The first kappa shape index (κ1) is 15.4. The van der Waals surface area contributed by atoms with Crippen LogP contribution in [0.5, 0.6) is 0 Å². The highest BCUT2D eigenvalue weighted by atomic mass is 79.9. The zero-order valence-electron chi connectivity index (χ0n) is 11.7. The van der Waals surface area contributed by atoms with Crippen LogP contribution in [-0.2, 0) is 11.3 Å². The van der Waals surface area contributed by atoms with Gasteiger partial charge in [-0.25, -0.2) is 4.39 Å². The van der Waals surface area contributed by atoms with Gasteiger partial charge in [-0.15, -0.1) is 0 Å². The number of aliphatic carboxylic acids is 1. The van der Waals surface area contributed by atoms with Crippen LogP contribution >= 0.6 is 15.9 Å². The monoisotopic (exact) mass is 343 g/mol. The molecule has 1 atom stereocenters. The molecule has 3 nitrogen and oxygen atoms in total. The van der Waals surface area contributed by atoms with E-state index in [9.17, 15) is 14.3 Å². The van der Waals surface area contributed by atoms with Crippen molar-refractivity contribution >= 4 is 21.9 Å². The third kappa shape index (κ3) is 3.20. The van der Waals surface area contributed by atoms with E-state index in [1.807, 2.05) is 18.7 Å². The molecule has 0 aliphatic carbocycles. The molecule has 2 rings (SSSR count). The first-order chi connectivity index (χ1) is 9.31. The number of likely N-dealkylation sites (tertiary alicyclic amines) is 1. The van der Waals surface area contributed by atoms with Gasteiger partial charge in [-0.3, -0.25) is 9.69 Å². The van der Waals surface area contributed by atoms with Crippen molar-refractivity contribution < 1.29 is 14.3 Å². The molecule has 1 heterocycles. The van der Waals surface area contributed by atoms with Crippen molar-refractivity contribution in [1.82, 2.24) is 4.90 Å². The third-order valence-electron chi connectivity index (χ3n) is 3.99. The van der Waals surface area contributed by atoms with Gasteiger partial charge in [0.2, 0.25) is 0 Å². The molecule has 1 saturated heterocycles. The lowest BCUT2D eigenvalue weighted by Gasteiger charge is -2.44. The second kappa shape index (κ2) is 5.82. The van der Waals surface area contributed by atoms with E-state index in [2.05, 4.69) is 15.9 Å². The Labute approximate surface area is 126 Å². The molecule has 0 radical (unpaired) electrons. The first-order valence-electron chi connectivity index (χ1n) is 6.72. The van der Waals surface area contributed by atoms with E-state index in [0.29, 0.717) is 18.7 Å².